The molecule has 0 spiro atoms. The van der Waals surface area contributed by atoms with E-state index in [1.165, 1.54) is 16.2 Å². The van der Waals surface area contributed by atoms with Crippen molar-refractivity contribution in [2.75, 3.05) is 11.9 Å². The number of carbonyl (C=O) groups excluding carboxylic acids is 2. The second-order valence-corrected chi connectivity index (χ2v) is 7.68. The van der Waals surface area contributed by atoms with Gasteiger partial charge in [-0.3, -0.25) is 4.79 Å². The third kappa shape index (κ3) is 3.54. The monoisotopic (exact) mass is 407 g/mol. The Balaban J connectivity index is 1.86. The molecule has 0 saturated heterocycles. The lowest BCUT2D eigenvalue weighted by Gasteiger charge is -2.08. The van der Waals surface area contributed by atoms with Crippen LogP contribution in [0.2, 0.25) is 0 Å². The Hall–Kier alpha value is -1.66. The quantitative estimate of drug-likeness (QED) is 0.722. The Bertz CT molecular complexity index is 767. The number of esters is 1. The Morgan fingerprint density at radius 1 is 1.25 bits per heavy atom. The summed E-state index contributed by atoms with van der Waals surface area (Å²) < 4.78 is 6.23. The molecule has 1 heterocycles. The normalized spacial score (nSPS) is 12.8. The van der Waals surface area contributed by atoms with Gasteiger partial charge in [0.25, 0.3) is 5.91 Å². The van der Waals surface area contributed by atoms with Crippen molar-refractivity contribution in [3.05, 3.63) is 50.3 Å². The topological polar surface area (TPSA) is 55.4 Å². The van der Waals surface area contributed by atoms with Crippen molar-refractivity contribution in [3.63, 3.8) is 0 Å². The van der Waals surface area contributed by atoms with Gasteiger partial charge in [-0.25, -0.2) is 4.79 Å². The van der Waals surface area contributed by atoms with Crippen LogP contribution in [0.3, 0.4) is 0 Å². The fourth-order valence-electron chi connectivity index (χ4n) is 2.75. The zero-order valence-corrected chi connectivity index (χ0v) is 15.8. The predicted octanol–water partition coefficient (Wildman–Crippen LogP) is 4.82. The molecule has 3 rings (SSSR count). The molecule has 1 aromatic heterocycles. The number of thiophene rings is 1. The van der Waals surface area contributed by atoms with Gasteiger partial charge in [0, 0.05) is 14.9 Å². The fraction of sp³-hybridized carbons (Fsp3) is 0.333. The minimum absolute atomic E-state index is 0.216. The number of anilines is 1. The Morgan fingerprint density at radius 3 is 2.71 bits per heavy atom. The average molecular weight is 408 g/mol. The molecule has 0 aliphatic heterocycles. The zero-order valence-electron chi connectivity index (χ0n) is 13.4. The molecular weight excluding hydrogens is 390 g/mol. The van der Waals surface area contributed by atoms with Gasteiger partial charge in [-0.2, -0.15) is 0 Å². The standard InChI is InChI=1S/C18H18BrNO3S/c1-2-10-23-18(22)15-13-4-3-5-14(13)24-17(15)20-16(21)11-6-8-12(19)9-7-11/h6-9H,2-5,10H2,1H3,(H,20,21). The number of hydrogen-bond acceptors (Lipinski definition) is 4. The summed E-state index contributed by atoms with van der Waals surface area (Å²) in [6.45, 7) is 2.35. The smallest absolute Gasteiger partial charge is 0.341 e. The van der Waals surface area contributed by atoms with E-state index in [2.05, 4.69) is 21.2 Å². The molecule has 0 unspecified atom stereocenters. The van der Waals surface area contributed by atoms with E-state index >= 15 is 0 Å². The molecule has 1 aromatic carbocycles. The number of hydrogen-bond donors (Lipinski definition) is 1. The molecule has 2 aromatic rings. The second-order valence-electron chi connectivity index (χ2n) is 5.66. The van der Waals surface area contributed by atoms with Crippen molar-refractivity contribution >= 4 is 44.1 Å². The van der Waals surface area contributed by atoms with Gasteiger partial charge in [-0.1, -0.05) is 22.9 Å². The molecule has 0 atom stereocenters. The van der Waals surface area contributed by atoms with Crippen LogP contribution in [0.1, 0.15) is 50.9 Å². The minimum atomic E-state index is -0.331. The number of halogens is 1. The van der Waals surface area contributed by atoms with Crippen molar-refractivity contribution in [2.24, 2.45) is 0 Å². The van der Waals surface area contributed by atoms with E-state index in [-0.39, 0.29) is 11.9 Å². The predicted molar refractivity (Wildman–Crippen MR) is 99.0 cm³/mol. The zero-order chi connectivity index (χ0) is 17.1. The molecule has 24 heavy (non-hydrogen) atoms. The van der Waals surface area contributed by atoms with Crippen LogP contribution in [-0.2, 0) is 17.6 Å². The largest absolute Gasteiger partial charge is 0.462 e. The third-order valence-electron chi connectivity index (χ3n) is 3.90. The van der Waals surface area contributed by atoms with E-state index in [0.29, 0.717) is 22.7 Å². The van der Waals surface area contributed by atoms with Crippen LogP contribution < -0.4 is 5.32 Å². The Labute approximate surface area is 153 Å². The lowest BCUT2D eigenvalue weighted by Crippen LogP contribution is -2.15. The molecular formula is C18H18BrNO3S. The van der Waals surface area contributed by atoms with Crippen LogP contribution >= 0.6 is 27.3 Å². The number of nitrogens with one attached hydrogen (secondary N) is 1. The van der Waals surface area contributed by atoms with Gasteiger partial charge < -0.3 is 10.1 Å². The van der Waals surface area contributed by atoms with Crippen molar-refractivity contribution in [3.8, 4) is 0 Å². The summed E-state index contributed by atoms with van der Waals surface area (Å²) in [6.07, 6.45) is 3.66. The maximum atomic E-state index is 12.5. The number of aryl methyl sites for hydroxylation is 1. The molecule has 1 aliphatic carbocycles. The molecule has 4 nitrogen and oxygen atoms in total. The molecule has 1 N–H and O–H groups in total. The van der Waals surface area contributed by atoms with Gasteiger partial charge in [0.05, 0.1) is 12.2 Å². The number of benzene rings is 1. The van der Waals surface area contributed by atoms with E-state index in [4.69, 9.17) is 4.74 Å². The van der Waals surface area contributed by atoms with Gasteiger partial charge in [-0.05, 0) is 55.5 Å². The fourth-order valence-corrected chi connectivity index (χ4v) is 4.29. The molecule has 1 amide bonds. The molecule has 0 radical (unpaired) electrons. The van der Waals surface area contributed by atoms with Crippen molar-refractivity contribution in [1.82, 2.24) is 0 Å². The first-order chi connectivity index (χ1) is 11.6. The van der Waals surface area contributed by atoms with Gasteiger partial charge in [0.1, 0.15) is 5.00 Å². The molecule has 126 valence electrons. The molecule has 0 bridgehead atoms. The Morgan fingerprint density at radius 2 is 2.00 bits per heavy atom. The van der Waals surface area contributed by atoms with E-state index in [1.807, 2.05) is 19.1 Å². The van der Waals surface area contributed by atoms with Crippen LogP contribution in [0.15, 0.2) is 28.7 Å². The SMILES string of the molecule is CCCOC(=O)c1c(NC(=O)c2ccc(Br)cc2)sc2c1CCC2. The summed E-state index contributed by atoms with van der Waals surface area (Å²) >= 11 is 4.85. The Kier molecular flexibility index (Phi) is 5.36. The minimum Gasteiger partial charge on any atom is -0.462 e. The summed E-state index contributed by atoms with van der Waals surface area (Å²) in [5.41, 5.74) is 2.15. The lowest BCUT2D eigenvalue weighted by atomic mass is 10.1. The van der Waals surface area contributed by atoms with Gasteiger partial charge >= 0.3 is 5.97 Å². The van der Waals surface area contributed by atoms with Crippen LogP contribution in [0.25, 0.3) is 0 Å². The number of ether oxygens (including phenoxy) is 1. The highest BCUT2D eigenvalue weighted by Gasteiger charge is 2.28. The molecule has 0 saturated carbocycles. The maximum Gasteiger partial charge on any atom is 0.341 e. The highest BCUT2D eigenvalue weighted by molar-refractivity contribution is 9.10. The van der Waals surface area contributed by atoms with Crippen molar-refractivity contribution in [2.45, 2.75) is 32.6 Å². The van der Waals surface area contributed by atoms with E-state index in [9.17, 15) is 9.59 Å². The average Bonchev–Trinajstić information content (AvgIpc) is 3.13. The first-order valence-corrected chi connectivity index (χ1v) is 9.59. The molecule has 1 aliphatic rings. The van der Waals surface area contributed by atoms with Crippen molar-refractivity contribution in [1.29, 1.82) is 0 Å². The van der Waals surface area contributed by atoms with Crippen LogP contribution in [0.4, 0.5) is 5.00 Å². The third-order valence-corrected chi connectivity index (χ3v) is 5.63. The van der Waals surface area contributed by atoms with Crippen LogP contribution in [-0.4, -0.2) is 18.5 Å². The van der Waals surface area contributed by atoms with Gasteiger partial charge in [0.15, 0.2) is 0 Å². The van der Waals surface area contributed by atoms with Crippen LogP contribution in [0, 0.1) is 0 Å². The van der Waals surface area contributed by atoms with Gasteiger partial charge in [0.2, 0.25) is 0 Å². The second kappa shape index (κ2) is 7.49. The van der Waals surface area contributed by atoms with E-state index < -0.39 is 0 Å². The summed E-state index contributed by atoms with van der Waals surface area (Å²) in [4.78, 5) is 26.1. The maximum absolute atomic E-state index is 12.5. The summed E-state index contributed by atoms with van der Waals surface area (Å²) in [5, 5.41) is 3.50. The number of carbonyl (C=O) groups is 2. The first kappa shape index (κ1) is 17.2. The molecule has 6 heteroatoms. The highest BCUT2D eigenvalue weighted by atomic mass is 79.9. The summed E-state index contributed by atoms with van der Waals surface area (Å²) in [5.74, 6) is -0.547. The number of amides is 1. The molecule has 0 fully saturated rings. The highest BCUT2D eigenvalue weighted by Crippen LogP contribution is 2.39. The van der Waals surface area contributed by atoms with Gasteiger partial charge in [-0.15, -0.1) is 11.3 Å². The van der Waals surface area contributed by atoms with Crippen molar-refractivity contribution < 1.29 is 14.3 Å². The summed E-state index contributed by atoms with van der Waals surface area (Å²) in [6, 6.07) is 7.13. The summed E-state index contributed by atoms with van der Waals surface area (Å²) in [7, 11) is 0. The first-order valence-electron chi connectivity index (χ1n) is 7.98. The van der Waals surface area contributed by atoms with E-state index in [1.54, 1.807) is 12.1 Å². The lowest BCUT2D eigenvalue weighted by molar-refractivity contribution is 0.0505. The van der Waals surface area contributed by atoms with E-state index in [0.717, 1.165) is 35.7 Å². The van der Waals surface area contributed by atoms with Crippen LogP contribution in [0.5, 0.6) is 0 Å². The number of fused-ring (bicyclic) bond motifs is 1. The number of rotatable bonds is 5.